The van der Waals surface area contributed by atoms with Crippen LogP contribution in [-0.2, 0) is 12.1 Å². The fraction of sp³-hybridized carbons (Fsp3) is 0.240. The smallest absolute Gasteiger partial charge is 0.256 e. The minimum atomic E-state index is -0.731. The Morgan fingerprint density at radius 1 is 0.867 bits per heavy atom. The van der Waals surface area contributed by atoms with E-state index in [4.69, 9.17) is 0 Å². The number of nitrogens with zero attached hydrogens (tertiary/aromatic N) is 1. The summed E-state index contributed by atoms with van der Waals surface area (Å²) in [5.74, 6) is 0. The first-order valence-electron chi connectivity index (χ1n) is 10.2. The molecule has 154 valence electrons. The molecule has 2 N–H and O–H groups in total. The maximum atomic E-state index is 12.4. The van der Waals surface area contributed by atoms with E-state index in [1.165, 1.54) is 5.56 Å². The van der Waals surface area contributed by atoms with Crippen molar-refractivity contribution in [3.8, 4) is 0 Å². The summed E-state index contributed by atoms with van der Waals surface area (Å²) in [5.41, 5.74) is 2.29. The van der Waals surface area contributed by atoms with Crippen molar-refractivity contribution in [1.29, 1.82) is 0 Å². The van der Waals surface area contributed by atoms with Gasteiger partial charge in [0.2, 0.25) is 0 Å². The first-order chi connectivity index (χ1) is 14.1. The molecule has 1 aromatic heterocycles. The highest BCUT2D eigenvalue weighted by molar-refractivity contribution is 6.05. The van der Waals surface area contributed by atoms with Gasteiger partial charge >= 0.3 is 0 Å². The van der Waals surface area contributed by atoms with Gasteiger partial charge in [0, 0.05) is 35.9 Å². The van der Waals surface area contributed by atoms with E-state index >= 15 is 0 Å². The summed E-state index contributed by atoms with van der Waals surface area (Å²) >= 11 is 0. The van der Waals surface area contributed by atoms with Crippen molar-refractivity contribution in [2.45, 2.75) is 25.0 Å². The minimum Gasteiger partial charge on any atom is -0.385 e. The first kappa shape index (κ1) is 20.6. The van der Waals surface area contributed by atoms with Crippen LogP contribution in [0.4, 0.5) is 0 Å². The quantitative estimate of drug-likeness (QED) is 0.477. The molecule has 5 heteroatoms. The number of likely N-dealkylation sites (tertiary alicyclic amines) is 1. The molecule has 0 saturated carbocycles. The van der Waals surface area contributed by atoms with Crippen LogP contribution in [0.2, 0.25) is 0 Å². The maximum absolute atomic E-state index is 12.4. The predicted molar refractivity (Wildman–Crippen MR) is 124 cm³/mol. The van der Waals surface area contributed by atoms with Gasteiger partial charge in [-0.1, -0.05) is 60.7 Å². The molecule has 3 aromatic carbocycles. The van der Waals surface area contributed by atoms with Gasteiger partial charge in [-0.05, 0) is 41.5 Å². The van der Waals surface area contributed by atoms with Crippen molar-refractivity contribution in [1.82, 2.24) is 9.88 Å². The zero-order valence-corrected chi connectivity index (χ0v) is 17.5. The number of nitrogens with one attached hydrogen (secondary N) is 1. The number of rotatable bonds is 3. The minimum absolute atomic E-state index is 0. The number of piperidine rings is 1. The molecule has 0 spiro atoms. The summed E-state index contributed by atoms with van der Waals surface area (Å²) in [6, 6.07) is 24.0. The summed E-state index contributed by atoms with van der Waals surface area (Å²) in [6.07, 6.45) is 1.46. The number of halogens is 1. The lowest BCUT2D eigenvalue weighted by Gasteiger charge is -2.38. The van der Waals surface area contributed by atoms with E-state index in [-0.39, 0.29) is 18.0 Å². The van der Waals surface area contributed by atoms with Gasteiger partial charge in [0.1, 0.15) is 0 Å². The zero-order valence-electron chi connectivity index (χ0n) is 16.7. The third-order valence-corrected chi connectivity index (χ3v) is 6.19. The lowest BCUT2D eigenvalue weighted by atomic mass is 9.84. The van der Waals surface area contributed by atoms with Crippen LogP contribution < -0.4 is 5.56 Å². The van der Waals surface area contributed by atoms with Crippen molar-refractivity contribution in [2.75, 3.05) is 13.1 Å². The second-order valence-electron chi connectivity index (χ2n) is 8.05. The lowest BCUT2D eigenvalue weighted by Crippen LogP contribution is -2.42. The summed E-state index contributed by atoms with van der Waals surface area (Å²) in [5, 5.41) is 13.8. The summed E-state index contributed by atoms with van der Waals surface area (Å²) in [6.45, 7) is 2.50. The molecule has 5 rings (SSSR count). The van der Waals surface area contributed by atoms with E-state index in [2.05, 4.69) is 28.1 Å². The number of pyridine rings is 1. The largest absolute Gasteiger partial charge is 0.385 e. The topological polar surface area (TPSA) is 56.3 Å². The van der Waals surface area contributed by atoms with Crippen molar-refractivity contribution < 1.29 is 5.11 Å². The van der Waals surface area contributed by atoms with E-state index < -0.39 is 5.60 Å². The molecular weight excluding hydrogens is 396 g/mol. The summed E-state index contributed by atoms with van der Waals surface area (Å²) < 4.78 is 0. The second kappa shape index (κ2) is 8.23. The number of fused-ring (bicyclic) bond motifs is 3. The molecule has 0 bridgehead atoms. The molecule has 2 heterocycles. The van der Waals surface area contributed by atoms with Gasteiger partial charge in [0.15, 0.2) is 0 Å². The molecule has 1 aliphatic heterocycles. The van der Waals surface area contributed by atoms with Crippen LogP contribution in [0.1, 0.15) is 24.0 Å². The van der Waals surface area contributed by atoms with Crippen LogP contribution in [0.3, 0.4) is 0 Å². The van der Waals surface area contributed by atoms with Crippen molar-refractivity contribution >= 4 is 34.1 Å². The molecule has 0 unspecified atom stereocenters. The molecule has 1 fully saturated rings. The van der Waals surface area contributed by atoms with E-state index in [0.29, 0.717) is 0 Å². The van der Waals surface area contributed by atoms with Gasteiger partial charge in [-0.15, -0.1) is 12.4 Å². The number of H-pyrrole nitrogens is 1. The Morgan fingerprint density at radius 2 is 1.53 bits per heavy atom. The maximum Gasteiger partial charge on any atom is 0.256 e. The second-order valence-corrected chi connectivity index (χ2v) is 8.05. The number of aromatic nitrogens is 1. The number of aromatic amines is 1. The monoisotopic (exact) mass is 420 g/mol. The van der Waals surface area contributed by atoms with Crippen LogP contribution >= 0.6 is 12.4 Å². The highest BCUT2D eigenvalue weighted by atomic mass is 35.5. The summed E-state index contributed by atoms with van der Waals surface area (Å²) in [7, 11) is 0. The predicted octanol–water partition coefficient (Wildman–Crippen LogP) is 4.59. The van der Waals surface area contributed by atoms with Gasteiger partial charge in [0.25, 0.3) is 5.56 Å². The van der Waals surface area contributed by atoms with Gasteiger partial charge in [-0.3, -0.25) is 9.69 Å². The Morgan fingerprint density at radius 3 is 2.27 bits per heavy atom. The third-order valence-electron chi connectivity index (χ3n) is 6.19. The van der Waals surface area contributed by atoms with Gasteiger partial charge in [0.05, 0.1) is 5.60 Å². The SMILES string of the molecule is Cl.O=c1[nH]c2cc(CN3CCC(O)(c4ccccc4)CC3)ccc2c2ccccc12. The van der Waals surface area contributed by atoms with E-state index in [1.54, 1.807) is 0 Å². The molecular formula is C25H25ClN2O2. The Hall–Kier alpha value is -2.66. The fourth-order valence-electron chi connectivity index (χ4n) is 4.51. The molecule has 0 atom stereocenters. The highest BCUT2D eigenvalue weighted by Crippen LogP contribution is 2.33. The van der Waals surface area contributed by atoms with E-state index in [9.17, 15) is 9.90 Å². The van der Waals surface area contributed by atoms with Gasteiger partial charge in [-0.2, -0.15) is 0 Å². The average Bonchev–Trinajstić information content (AvgIpc) is 2.76. The molecule has 1 saturated heterocycles. The van der Waals surface area contributed by atoms with E-state index in [1.807, 2.05) is 54.6 Å². The number of hydrogen-bond acceptors (Lipinski definition) is 3. The Bertz CT molecular complexity index is 1230. The average molecular weight is 421 g/mol. The van der Waals surface area contributed by atoms with Crippen LogP contribution in [-0.4, -0.2) is 28.1 Å². The number of hydrogen-bond donors (Lipinski definition) is 2. The van der Waals surface area contributed by atoms with Crippen molar-refractivity contribution in [3.63, 3.8) is 0 Å². The molecule has 0 aliphatic carbocycles. The lowest BCUT2D eigenvalue weighted by molar-refractivity contribution is -0.0277. The van der Waals surface area contributed by atoms with Crippen molar-refractivity contribution in [3.05, 3.63) is 94.3 Å². The highest BCUT2D eigenvalue weighted by Gasteiger charge is 2.33. The molecule has 4 aromatic rings. The first-order valence-corrected chi connectivity index (χ1v) is 10.2. The van der Waals surface area contributed by atoms with Gasteiger partial charge in [-0.25, -0.2) is 0 Å². The Labute approximate surface area is 181 Å². The van der Waals surface area contributed by atoms with Crippen LogP contribution in [0.25, 0.3) is 21.7 Å². The molecule has 0 radical (unpaired) electrons. The number of aliphatic hydroxyl groups is 1. The molecule has 1 aliphatic rings. The van der Waals surface area contributed by atoms with Gasteiger partial charge < -0.3 is 10.1 Å². The Balaban J connectivity index is 0.00000218. The van der Waals surface area contributed by atoms with Crippen LogP contribution in [0.15, 0.2) is 77.6 Å². The fourth-order valence-corrected chi connectivity index (χ4v) is 4.51. The third kappa shape index (κ3) is 3.74. The van der Waals surface area contributed by atoms with Crippen molar-refractivity contribution in [2.24, 2.45) is 0 Å². The zero-order chi connectivity index (χ0) is 19.8. The standard InChI is InChI=1S/C25H24N2O2.ClH/c28-24-22-9-5-4-8-20(22)21-11-10-18(16-23(21)26-24)17-27-14-12-25(29,13-15-27)19-6-2-1-3-7-19;/h1-11,16,29H,12-15,17H2,(H,26,28);1H. The van der Waals surface area contributed by atoms with E-state index in [0.717, 1.165) is 59.7 Å². The normalized spacial score (nSPS) is 16.4. The molecule has 0 amide bonds. The molecule has 4 nitrogen and oxygen atoms in total. The Kier molecular flexibility index (Phi) is 5.65. The number of benzene rings is 3. The molecule has 30 heavy (non-hydrogen) atoms. The summed E-state index contributed by atoms with van der Waals surface area (Å²) in [4.78, 5) is 17.8. The van der Waals surface area contributed by atoms with Crippen LogP contribution in [0, 0.1) is 0 Å². The van der Waals surface area contributed by atoms with Crippen LogP contribution in [0.5, 0.6) is 0 Å².